The van der Waals surface area contributed by atoms with Crippen LogP contribution in [0.4, 0.5) is 0 Å². The van der Waals surface area contributed by atoms with Crippen LogP contribution >= 0.6 is 22.6 Å². The number of alkyl halides is 1. The van der Waals surface area contributed by atoms with Crippen LogP contribution in [-0.4, -0.2) is 16.2 Å². The van der Waals surface area contributed by atoms with Gasteiger partial charge in [-0.25, -0.2) is 0 Å². The number of nitrogens with zero attached hydrogens (tertiary/aromatic N) is 1. The van der Waals surface area contributed by atoms with Gasteiger partial charge < -0.3 is 0 Å². The molecular weight excluding hydrogens is 285 g/mol. The zero-order valence-electron chi connectivity index (χ0n) is 10.1. The first kappa shape index (κ1) is 14.4. The lowest BCUT2D eigenvalue weighted by Gasteiger charge is -2.18. The lowest BCUT2D eigenvalue weighted by atomic mass is 9.95. The first-order chi connectivity index (χ1) is 6.43. The Morgan fingerprint density at radius 1 is 1.14 bits per heavy atom. The molecule has 0 saturated carbocycles. The third-order valence-corrected chi connectivity index (χ3v) is 2.72. The van der Waals surface area contributed by atoms with Crippen molar-refractivity contribution in [1.82, 2.24) is 0 Å². The molecule has 0 aromatic rings. The summed E-state index contributed by atoms with van der Waals surface area (Å²) in [6.45, 7) is 11.3. The topological polar surface area (TPSA) is 12.4 Å². The average molecular weight is 309 g/mol. The van der Waals surface area contributed by atoms with Gasteiger partial charge in [0.25, 0.3) is 0 Å². The maximum atomic E-state index is 4.67. The van der Waals surface area contributed by atoms with Crippen LogP contribution in [0.25, 0.3) is 0 Å². The van der Waals surface area contributed by atoms with Gasteiger partial charge in [0.2, 0.25) is 0 Å². The van der Waals surface area contributed by atoms with E-state index in [1.54, 1.807) is 0 Å². The predicted octanol–water partition coefficient (Wildman–Crippen LogP) is 4.34. The molecule has 0 bridgehead atoms. The largest absolute Gasteiger partial charge is 0.294 e. The van der Waals surface area contributed by atoms with Gasteiger partial charge in [0.15, 0.2) is 0 Å². The molecule has 1 nitrogen and oxygen atoms in total. The van der Waals surface area contributed by atoms with Crippen molar-refractivity contribution in [3.63, 3.8) is 0 Å². The van der Waals surface area contributed by atoms with E-state index in [0.29, 0.717) is 15.9 Å². The minimum atomic E-state index is 0.519. The molecule has 0 aliphatic rings. The van der Waals surface area contributed by atoms with Crippen molar-refractivity contribution in [2.75, 3.05) is 0 Å². The zero-order valence-corrected chi connectivity index (χ0v) is 12.3. The van der Waals surface area contributed by atoms with Crippen LogP contribution in [0.1, 0.15) is 47.5 Å². The monoisotopic (exact) mass is 309 g/mol. The number of halogens is 1. The van der Waals surface area contributed by atoms with Crippen LogP contribution < -0.4 is 0 Å². The average Bonchev–Trinajstić information content (AvgIpc) is 2.00. The van der Waals surface area contributed by atoms with E-state index in [4.69, 9.17) is 0 Å². The van der Waals surface area contributed by atoms with E-state index in [9.17, 15) is 0 Å². The first-order valence-electron chi connectivity index (χ1n) is 5.59. The quantitative estimate of drug-likeness (QED) is 0.393. The molecule has 0 radical (unpaired) electrons. The normalized spacial score (nSPS) is 16.9. The maximum Gasteiger partial charge on any atom is 0.0521 e. The summed E-state index contributed by atoms with van der Waals surface area (Å²) < 4.78 is 0.697. The molecule has 0 amide bonds. The van der Waals surface area contributed by atoms with Crippen molar-refractivity contribution in [3.05, 3.63) is 0 Å². The molecule has 0 rings (SSSR count). The van der Waals surface area contributed by atoms with Crippen molar-refractivity contribution in [3.8, 4) is 0 Å². The van der Waals surface area contributed by atoms with Gasteiger partial charge in [-0.1, -0.05) is 57.2 Å². The standard InChI is InChI=1S/C12H24IN/c1-9(2)8-12(10(3)4)14-7-6-11(5)13/h7,9-12H,6,8H2,1-5H3/b14-7+/t11-,12?/m0/s1. The van der Waals surface area contributed by atoms with Crippen LogP contribution in [-0.2, 0) is 0 Å². The van der Waals surface area contributed by atoms with Gasteiger partial charge in [0.05, 0.1) is 6.04 Å². The van der Waals surface area contributed by atoms with Gasteiger partial charge >= 0.3 is 0 Å². The van der Waals surface area contributed by atoms with Gasteiger partial charge in [-0.05, 0) is 24.7 Å². The molecule has 0 aliphatic heterocycles. The predicted molar refractivity (Wildman–Crippen MR) is 74.7 cm³/mol. The van der Waals surface area contributed by atoms with Gasteiger partial charge in [-0.3, -0.25) is 4.99 Å². The summed E-state index contributed by atoms with van der Waals surface area (Å²) >= 11 is 2.44. The molecule has 0 aromatic carbocycles. The van der Waals surface area contributed by atoms with Gasteiger partial charge in [0.1, 0.15) is 0 Å². The molecule has 0 spiro atoms. The van der Waals surface area contributed by atoms with Gasteiger partial charge in [0, 0.05) is 10.1 Å². The molecule has 1 unspecified atom stereocenters. The Morgan fingerprint density at radius 3 is 2.07 bits per heavy atom. The Balaban J connectivity index is 4.02. The van der Waals surface area contributed by atoms with E-state index in [2.05, 4.69) is 68.4 Å². The highest BCUT2D eigenvalue weighted by molar-refractivity contribution is 14.1. The molecule has 0 N–H and O–H groups in total. The third-order valence-electron chi connectivity index (χ3n) is 2.21. The molecule has 0 aromatic heterocycles. The Kier molecular flexibility index (Phi) is 7.88. The van der Waals surface area contributed by atoms with Crippen molar-refractivity contribution in [1.29, 1.82) is 0 Å². The molecule has 0 aliphatic carbocycles. The summed E-state index contributed by atoms with van der Waals surface area (Å²) in [5, 5.41) is 0. The second kappa shape index (κ2) is 7.66. The lowest BCUT2D eigenvalue weighted by Crippen LogP contribution is -2.16. The highest BCUT2D eigenvalue weighted by atomic mass is 127. The maximum absolute atomic E-state index is 4.67. The van der Waals surface area contributed by atoms with E-state index >= 15 is 0 Å². The number of hydrogen-bond donors (Lipinski definition) is 0. The van der Waals surface area contributed by atoms with Crippen LogP contribution in [0.2, 0.25) is 0 Å². The summed E-state index contributed by atoms with van der Waals surface area (Å²) in [5.74, 6) is 1.41. The molecule has 0 saturated heterocycles. The molecule has 2 heteroatoms. The van der Waals surface area contributed by atoms with Crippen molar-refractivity contribution < 1.29 is 0 Å². The minimum absolute atomic E-state index is 0.519. The molecule has 2 atom stereocenters. The third kappa shape index (κ3) is 7.77. The summed E-state index contributed by atoms with van der Waals surface area (Å²) in [4.78, 5) is 4.67. The van der Waals surface area contributed by atoms with E-state index in [1.807, 2.05) is 0 Å². The first-order valence-corrected chi connectivity index (χ1v) is 6.83. The SMILES string of the molecule is CC(C)CC(/N=C/C[C@H](C)I)C(C)C. The number of aliphatic imine (C=N–C) groups is 1. The Labute approximate surface area is 103 Å². The van der Waals surface area contributed by atoms with Crippen molar-refractivity contribution in [2.45, 2.75) is 57.4 Å². The molecule has 14 heavy (non-hydrogen) atoms. The Morgan fingerprint density at radius 2 is 1.71 bits per heavy atom. The highest BCUT2D eigenvalue weighted by Gasteiger charge is 2.12. The van der Waals surface area contributed by atoms with E-state index < -0.39 is 0 Å². The van der Waals surface area contributed by atoms with Crippen LogP contribution in [0, 0.1) is 11.8 Å². The molecule has 0 heterocycles. The molecule has 0 fully saturated rings. The van der Waals surface area contributed by atoms with Gasteiger partial charge in [-0.2, -0.15) is 0 Å². The summed E-state index contributed by atoms with van der Waals surface area (Å²) in [7, 11) is 0. The fourth-order valence-electron chi connectivity index (χ4n) is 1.33. The van der Waals surface area contributed by atoms with E-state index in [-0.39, 0.29) is 0 Å². The highest BCUT2D eigenvalue weighted by Crippen LogP contribution is 2.16. The van der Waals surface area contributed by atoms with Crippen LogP contribution in [0.5, 0.6) is 0 Å². The second-order valence-electron chi connectivity index (χ2n) is 4.79. The van der Waals surface area contributed by atoms with Crippen LogP contribution in [0.3, 0.4) is 0 Å². The van der Waals surface area contributed by atoms with Crippen molar-refractivity contribution >= 4 is 28.8 Å². The van der Waals surface area contributed by atoms with Gasteiger partial charge in [-0.15, -0.1) is 0 Å². The summed E-state index contributed by atoms with van der Waals surface area (Å²) in [5.41, 5.74) is 0. The van der Waals surface area contributed by atoms with Crippen molar-refractivity contribution in [2.24, 2.45) is 16.8 Å². The summed E-state index contributed by atoms with van der Waals surface area (Å²) in [6, 6.07) is 0.519. The molecule has 84 valence electrons. The zero-order chi connectivity index (χ0) is 11.1. The Bertz CT molecular complexity index is 162. The fourth-order valence-corrected chi connectivity index (χ4v) is 1.56. The van der Waals surface area contributed by atoms with E-state index in [1.165, 1.54) is 6.42 Å². The minimum Gasteiger partial charge on any atom is -0.294 e. The number of hydrogen-bond acceptors (Lipinski definition) is 1. The summed E-state index contributed by atoms with van der Waals surface area (Å²) in [6.07, 6.45) is 4.43. The Hall–Kier alpha value is 0.400. The van der Waals surface area contributed by atoms with Crippen LogP contribution in [0.15, 0.2) is 4.99 Å². The smallest absolute Gasteiger partial charge is 0.0521 e. The number of rotatable bonds is 6. The fraction of sp³-hybridized carbons (Fsp3) is 0.917. The molecular formula is C12H24IN. The lowest BCUT2D eigenvalue weighted by molar-refractivity contribution is 0.409. The van der Waals surface area contributed by atoms with E-state index in [0.717, 1.165) is 12.3 Å². The second-order valence-corrected chi connectivity index (χ2v) is 6.92.